The zero-order valence-corrected chi connectivity index (χ0v) is 57.1. The molecule has 4 aromatic heterocycles. The maximum absolute atomic E-state index is 6.95. The lowest BCUT2D eigenvalue weighted by molar-refractivity contribution is 0.669. The molecule has 0 saturated carbocycles. The van der Waals surface area contributed by atoms with Crippen LogP contribution in [0.3, 0.4) is 0 Å². The quantitative estimate of drug-likeness (QED) is 0.112. The normalized spacial score (nSPS) is 11.6. The first-order chi connectivity index (χ1) is 52.5. The van der Waals surface area contributed by atoms with Crippen LogP contribution in [-0.4, -0.2) is 29.9 Å². The van der Waals surface area contributed by atoms with Gasteiger partial charge in [-0.15, -0.1) is 0 Å². The Bertz CT molecular complexity index is 6810. The van der Waals surface area contributed by atoms with Gasteiger partial charge in [-0.05, 0) is 148 Å². The van der Waals surface area contributed by atoms with Gasteiger partial charge < -0.3 is 8.83 Å². The number of para-hydroxylation sites is 3. The van der Waals surface area contributed by atoms with Gasteiger partial charge in [0.1, 0.15) is 22.3 Å². The molecule has 8 heteroatoms. The van der Waals surface area contributed by atoms with Crippen molar-refractivity contribution in [3.8, 4) is 146 Å². The Morgan fingerprint density at radius 2 is 0.434 bits per heavy atom. The molecule has 16 aromatic carbocycles. The van der Waals surface area contributed by atoms with E-state index in [4.69, 9.17) is 38.7 Å². The molecule has 0 unspecified atom stereocenters. The van der Waals surface area contributed by atoms with E-state index in [2.05, 4.69) is 267 Å². The first-order valence-electron chi connectivity index (χ1n) is 35.6. The fourth-order valence-electron chi connectivity index (χ4n) is 15.2. The van der Waals surface area contributed by atoms with E-state index in [1.54, 1.807) is 0 Å². The summed E-state index contributed by atoms with van der Waals surface area (Å²) < 4.78 is 13.5. The highest BCUT2D eigenvalue weighted by atomic mass is 16.3. The van der Waals surface area contributed by atoms with Crippen molar-refractivity contribution < 1.29 is 8.83 Å². The van der Waals surface area contributed by atoms with Gasteiger partial charge in [-0.1, -0.05) is 315 Å². The Balaban J connectivity index is 0.595. The molecule has 0 aliphatic carbocycles. The fourth-order valence-corrected chi connectivity index (χ4v) is 15.2. The first-order valence-corrected chi connectivity index (χ1v) is 35.6. The second kappa shape index (κ2) is 25.9. The van der Waals surface area contributed by atoms with Gasteiger partial charge in [-0.25, -0.2) is 29.9 Å². The van der Waals surface area contributed by atoms with Crippen LogP contribution in [0.4, 0.5) is 0 Å². The third kappa shape index (κ3) is 11.1. The molecule has 0 radical (unpaired) electrons. The smallest absolute Gasteiger partial charge is 0.167 e. The highest BCUT2D eigenvalue weighted by Gasteiger charge is 2.23. The first kappa shape index (κ1) is 61.5. The van der Waals surface area contributed by atoms with Crippen LogP contribution in [0.15, 0.2) is 373 Å². The summed E-state index contributed by atoms with van der Waals surface area (Å²) in [6.07, 6.45) is 0. The number of rotatable bonds is 13. The van der Waals surface area contributed by atoms with E-state index < -0.39 is 0 Å². The van der Waals surface area contributed by atoms with Crippen LogP contribution in [0.1, 0.15) is 0 Å². The predicted octanol–water partition coefficient (Wildman–Crippen LogP) is 25.8. The Hall–Kier alpha value is -14.3. The van der Waals surface area contributed by atoms with Crippen LogP contribution < -0.4 is 0 Å². The summed E-state index contributed by atoms with van der Waals surface area (Å²) in [7, 11) is 0. The van der Waals surface area contributed by atoms with Gasteiger partial charge in [-0.3, -0.25) is 0 Å². The van der Waals surface area contributed by atoms with Gasteiger partial charge in [0, 0.05) is 43.8 Å². The van der Waals surface area contributed by atoms with Crippen LogP contribution in [0.2, 0.25) is 0 Å². The second-order valence-electron chi connectivity index (χ2n) is 26.8. The molecule has 0 atom stereocenters. The Labute approximate surface area is 610 Å². The van der Waals surface area contributed by atoms with Gasteiger partial charge in [0.25, 0.3) is 0 Å². The molecule has 0 bridgehead atoms. The zero-order chi connectivity index (χ0) is 70.0. The second-order valence-corrected chi connectivity index (χ2v) is 26.8. The lowest BCUT2D eigenvalue weighted by atomic mass is 9.87. The van der Waals surface area contributed by atoms with Crippen molar-refractivity contribution in [3.63, 3.8) is 0 Å². The monoisotopic (exact) mass is 1350 g/mol. The number of hydrogen-bond acceptors (Lipinski definition) is 8. The average Bonchev–Trinajstić information content (AvgIpc) is 1.30. The maximum Gasteiger partial charge on any atom is 0.167 e. The number of furan rings is 2. The Morgan fingerprint density at radius 1 is 0.142 bits per heavy atom. The SMILES string of the molecule is c1ccc(-c2cccc(-c3ccc(-c4cccc(-c5nc(-c6ccccc6)nc(-c6cccc7c6oc6cc(-c8ccc(-c9ccc(-c%10ccc(-c%11cccc(-c%12nc(-c%13ccccc%13)nc(-c%13cccc%14c%13oc%13ccccc%13%14)n%12)c%11)c%11ccccc%10%11)c%10ccccc9%10)cc8)ccc67)n5)c4)cc3)c2)cc1. The number of fused-ring (bicyclic) bond motifs is 8. The molecule has 20 rings (SSSR count). The Morgan fingerprint density at radius 3 is 0.934 bits per heavy atom. The molecule has 494 valence electrons. The Kier molecular flexibility index (Phi) is 15.0. The standard InChI is InChI=1S/C98H60N6O2/c1-4-21-61(22-5-1)68-27-16-28-69(57-68)62-43-45-63(46-44-62)70-29-17-31-73(58-70)95-99-93(66-23-6-2-7-24-66)102-98(103-95)88-41-20-39-86-84-52-51-71(60-90(84)106-92(86)88)64-47-49-65(50-48-64)75-53-55-81(79-35-12-10-33-77(75)79)82-56-54-76(78-34-11-13-36-80(78)82)72-30-18-32-74(59-72)96-100-94(67-25-8-3-9-26-67)101-97(104-96)87-40-19-38-85-83-37-14-15-42-89(83)105-91(85)87/h1-60H. The summed E-state index contributed by atoms with van der Waals surface area (Å²) in [5, 5.41) is 8.72. The average molecular weight is 1350 g/mol. The van der Waals surface area contributed by atoms with E-state index in [0.29, 0.717) is 40.5 Å². The molecular weight excluding hydrogens is 1290 g/mol. The fraction of sp³-hybridized carbons (Fsp3) is 0. The molecule has 20 aromatic rings. The van der Waals surface area contributed by atoms with E-state index in [1.165, 1.54) is 27.5 Å². The predicted molar refractivity (Wildman–Crippen MR) is 433 cm³/mol. The van der Waals surface area contributed by atoms with Gasteiger partial charge in [0.15, 0.2) is 34.9 Å². The number of hydrogen-bond donors (Lipinski definition) is 0. The number of nitrogens with zero attached hydrogens (tertiary/aromatic N) is 6. The number of benzene rings is 16. The minimum atomic E-state index is 0.530. The molecule has 0 fully saturated rings. The highest BCUT2D eigenvalue weighted by Crippen LogP contribution is 2.45. The van der Waals surface area contributed by atoms with Crippen LogP contribution in [-0.2, 0) is 0 Å². The van der Waals surface area contributed by atoms with Crippen LogP contribution in [0, 0.1) is 0 Å². The molecule has 106 heavy (non-hydrogen) atoms. The van der Waals surface area contributed by atoms with Crippen molar-refractivity contribution in [2.45, 2.75) is 0 Å². The molecule has 0 saturated heterocycles. The van der Waals surface area contributed by atoms with Crippen LogP contribution in [0.25, 0.3) is 212 Å². The lowest BCUT2D eigenvalue weighted by Crippen LogP contribution is -2.00. The topological polar surface area (TPSA) is 104 Å². The lowest BCUT2D eigenvalue weighted by Gasteiger charge is -2.16. The summed E-state index contributed by atoms with van der Waals surface area (Å²) in [4.78, 5) is 31.0. The molecule has 0 aliphatic rings. The largest absolute Gasteiger partial charge is 0.455 e. The van der Waals surface area contributed by atoms with Crippen molar-refractivity contribution in [1.29, 1.82) is 0 Å². The molecule has 0 N–H and O–H groups in total. The molecule has 4 heterocycles. The molecular formula is C98H60N6O2. The minimum absolute atomic E-state index is 0.530. The number of aromatic nitrogens is 6. The summed E-state index contributed by atoms with van der Waals surface area (Å²) in [6.45, 7) is 0. The third-order valence-corrected chi connectivity index (χ3v) is 20.5. The maximum atomic E-state index is 6.95. The van der Waals surface area contributed by atoms with Gasteiger partial charge in [0.05, 0.1) is 11.1 Å². The van der Waals surface area contributed by atoms with Crippen molar-refractivity contribution >= 4 is 65.4 Å². The summed E-state index contributed by atoms with van der Waals surface area (Å²) in [5.74, 6) is 3.39. The van der Waals surface area contributed by atoms with E-state index in [9.17, 15) is 0 Å². The van der Waals surface area contributed by atoms with Crippen LogP contribution in [0.5, 0.6) is 0 Å². The van der Waals surface area contributed by atoms with Crippen molar-refractivity contribution in [2.24, 2.45) is 0 Å². The molecule has 8 nitrogen and oxygen atoms in total. The van der Waals surface area contributed by atoms with Gasteiger partial charge in [-0.2, -0.15) is 0 Å². The third-order valence-electron chi connectivity index (χ3n) is 20.5. The van der Waals surface area contributed by atoms with Crippen LogP contribution >= 0.6 is 0 Å². The van der Waals surface area contributed by atoms with Crippen molar-refractivity contribution in [1.82, 2.24) is 29.9 Å². The summed E-state index contributed by atoms with van der Waals surface area (Å²) in [5.41, 5.74) is 24.0. The summed E-state index contributed by atoms with van der Waals surface area (Å²) in [6, 6.07) is 128. The molecule has 0 aliphatic heterocycles. The van der Waals surface area contributed by atoms with E-state index in [0.717, 1.165) is 144 Å². The zero-order valence-electron chi connectivity index (χ0n) is 57.1. The van der Waals surface area contributed by atoms with E-state index in [1.807, 2.05) is 97.1 Å². The highest BCUT2D eigenvalue weighted by molar-refractivity contribution is 6.14. The van der Waals surface area contributed by atoms with Crippen molar-refractivity contribution in [3.05, 3.63) is 364 Å². The van der Waals surface area contributed by atoms with E-state index in [-0.39, 0.29) is 0 Å². The molecule has 0 spiro atoms. The van der Waals surface area contributed by atoms with Gasteiger partial charge >= 0.3 is 0 Å². The van der Waals surface area contributed by atoms with E-state index >= 15 is 0 Å². The molecule has 0 amide bonds. The summed E-state index contributed by atoms with van der Waals surface area (Å²) >= 11 is 0. The minimum Gasteiger partial charge on any atom is -0.455 e. The van der Waals surface area contributed by atoms with Gasteiger partial charge in [0.2, 0.25) is 0 Å². The van der Waals surface area contributed by atoms with Crippen molar-refractivity contribution in [2.75, 3.05) is 0 Å².